The van der Waals surface area contributed by atoms with Crippen LogP contribution in [0.5, 0.6) is 5.75 Å². The molecule has 138 valence electrons. The number of anilines is 1. The van der Waals surface area contributed by atoms with Gasteiger partial charge in [0.15, 0.2) is 0 Å². The van der Waals surface area contributed by atoms with Crippen molar-refractivity contribution < 1.29 is 17.9 Å². The number of hydrogen-bond donors (Lipinski definition) is 1. The van der Waals surface area contributed by atoms with E-state index in [-0.39, 0.29) is 28.0 Å². The van der Waals surface area contributed by atoms with E-state index in [1.54, 1.807) is 42.8 Å². The molecule has 2 heterocycles. The van der Waals surface area contributed by atoms with Gasteiger partial charge in [0.1, 0.15) is 10.6 Å². The minimum absolute atomic E-state index is 0.148. The Morgan fingerprint density at radius 2 is 1.89 bits per heavy atom. The van der Waals surface area contributed by atoms with Gasteiger partial charge in [-0.2, -0.15) is 0 Å². The summed E-state index contributed by atoms with van der Waals surface area (Å²) in [5.41, 5.74) is 1.32. The normalized spacial score (nSPS) is 16.5. The van der Waals surface area contributed by atoms with Crippen LogP contribution in [0.2, 0.25) is 0 Å². The Labute approximate surface area is 161 Å². The summed E-state index contributed by atoms with van der Waals surface area (Å²) in [7, 11) is -2.12. The Kier molecular flexibility index (Phi) is 4.49. The number of carbonyl (C=O) groups is 1. The first kappa shape index (κ1) is 17.8. The number of benzene rings is 2. The van der Waals surface area contributed by atoms with Gasteiger partial charge in [-0.15, -0.1) is 11.3 Å². The highest BCUT2D eigenvalue weighted by Gasteiger charge is 2.34. The van der Waals surface area contributed by atoms with Crippen molar-refractivity contribution in [2.45, 2.75) is 22.1 Å². The third-order valence-electron chi connectivity index (χ3n) is 4.60. The van der Waals surface area contributed by atoms with Gasteiger partial charge in [-0.1, -0.05) is 30.3 Å². The Hall–Kier alpha value is -2.64. The van der Waals surface area contributed by atoms with E-state index in [1.165, 1.54) is 11.3 Å². The molecule has 1 N–H and O–H groups in total. The van der Waals surface area contributed by atoms with Crippen molar-refractivity contribution in [1.82, 2.24) is 0 Å². The molecule has 1 aromatic heterocycles. The molecule has 3 aromatic rings. The first-order valence-electron chi connectivity index (χ1n) is 8.36. The SMILES string of the molecule is COc1cccc(C2CC(=O)Nc3c(S(=O)(=O)c4ccccc4)csc32)c1. The summed E-state index contributed by atoms with van der Waals surface area (Å²) in [6.45, 7) is 0. The summed E-state index contributed by atoms with van der Waals surface area (Å²) in [4.78, 5) is 13.5. The van der Waals surface area contributed by atoms with Crippen LogP contribution < -0.4 is 10.1 Å². The van der Waals surface area contributed by atoms with Crippen LogP contribution in [-0.2, 0) is 14.6 Å². The molecule has 0 radical (unpaired) electrons. The van der Waals surface area contributed by atoms with Gasteiger partial charge in [0.25, 0.3) is 0 Å². The average molecular weight is 399 g/mol. The van der Waals surface area contributed by atoms with Crippen molar-refractivity contribution >= 4 is 32.8 Å². The highest BCUT2D eigenvalue weighted by atomic mass is 32.2. The molecule has 27 heavy (non-hydrogen) atoms. The van der Waals surface area contributed by atoms with E-state index in [1.807, 2.05) is 24.3 Å². The van der Waals surface area contributed by atoms with E-state index in [0.29, 0.717) is 11.4 Å². The molecule has 4 rings (SSSR count). The van der Waals surface area contributed by atoms with Crippen molar-refractivity contribution in [2.75, 3.05) is 12.4 Å². The number of ether oxygens (including phenoxy) is 1. The van der Waals surface area contributed by atoms with Gasteiger partial charge in [0, 0.05) is 22.6 Å². The van der Waals surface area contributed by atoms with E-state index in [9.17, 15) is 13.2 Å². The minimum atomic E-state index is -3.71. The number of methoxy groups -OCH3 is 1. The van der Waals surface area contributed by atoms with Gasteiger partial charge in [-0.3, -0.25) is 4.79 Å². The molecule has 0 fully saturated rings. The number of hydrogen-bond acceptors (Lipinski definition) is 5. The van der Waals surface area contributed by atoms with Crippen LogP contribution in [0.3, 0.4) is 0 Å². The lowest BCUT2D eigenvalue weighted by molar-refractivity contribution is -0.116. The van der Waals surface area contributed by atoms with Crippen molar-refractivity contribution in [3.8, 4) is 5.75 Å². The summed E-state index contributed by atoms with van der Waals surface area (Å²) < 4.78 is 31.4. The third-order valence-corrected chi connectivity index (χ3v) is 7.63. The lowest BCUT2D eigenvalue weighted by Gasteiger charge is -2.24. The molecule has 0 saturated heterocycles. The molecule has 2 aromatic carbocycles. The number of fused-ring (bicyclic) bond motifs is 1. The number of amides is 1. The van der Waals surface area contributed by atoms with Crippen LogP contribution in [-0.4, -0.2) is 21.4 Å². The lowest BCUT2D eigenvalue weighted by atomic mass is 9.90. The van der Waals surface area contributed by atoms with E-state index in [0.717, 1.165) is 10.4 Å². The number of thiophene rings is 1. The molecular formula is C20H17NO4S2. The topological polar surface area (TPSA) is 72.5 Å². The number of nitrogens with one attached hydrogen (secondary N) is 1. The second kappa shape index (κ2) is 6.83. The zero-order valence-electron chi connectivity index (χ0n) is 14.5. The minimum Gasteiger partial charge on any atom is -0.497 e. The molecule has 0 bridgehead atoms. The average Bonchev–Trinajstić information content (AvgIpc) is 3.12. The van der Waals surface area contributed by atoms with Gasteiger partial charge in [0.05, 0.1) is 17.7 Å². The van der Waals surface area contributed by atoms with Crippen molar-refractivity contribution in [1.29, 1.82) is 0 Å². The van der Waals surface area contributed by atoms with Gasteiger partial charge < -0.3 is 10.1 Å². The smallest absolute Gasteiger partial charge is 0.225 e. The molecule has 0 saturated carbocycles. The highest BCUT2D eigenvalue weighted by molar-refractivity contribution is 7.91. The second-order valence-corrected chi connectivity index (χ2v) is 9.07. The Bertz CT molecular complexity index is 1100. The van der Waals surface area contributed by atoms with E-state index < -0.39 is 9.84 Å². The van der Waals surface area contributed by atoms with Crippen LogP contribution in [0.15, 0.2) is 69.8 Å². The molecule has 1 amide bonds. The lowest BCUT2D eigenvalue weighted by Crippen LogP contribution is -2.23. The fraction of sp³-hybridized carbons (Fsp3) is 0.150. The summed E-state index contributed by atoms with van der Waals surface area (Å²) in [6, 6.07) is 15.8. The van der Waals surface area contributed by atoms with Gasteiger partial charge in [0.2, 0.25) is 15.7 Å². The first-order chi connectivity index (χ1) is 13.0. The van der Waals surface area contributed by atoms with Crippen LogP contribution in [0.1, 0.15) is 22.8 Å². The summed E-state index contributed by atoms with van der Waals surface area (Å²) >= 11 is 1.36. The highest BCUT2D eigenvalue weighted by Crippen LogP contribution is 2.46. The Morgan fingerprint density at radius 1 is 1.11 bits per heavy atom. The van der Waals surface area contributed by atoms with E-state index in [4.69, 9.17) is 4.74 Å². The zero-order valence-corrected chi connectivity index (χ0v) is 16.1. The summed E-state index contributed by atoms with van der Waals surface area (Å²) in [5, 5.41) is 4.39. The van der Waals surface area contributed by atoms with Gasteiger partial charge in [-0.25, -0.2) is 8.42 Å². The fourth-order valence-corrected chi connectivity index (χ4v) is 6.19. The predicted octanol–water partition coefficient (Wildman–Crippen LogP) is 4.06. The van der Waals surface area contributed by atoms with E-state index in [2.05, 4.69) is 5.32 Å². The largest absolute Gasteiger partial charge is 0.497 e. The number of rotatable bonds is 4. The summed E-state index contributed by atoms with van der Waals surface area (Å²) in [5.74, 6) is 0.306. The second-order valence-electron chi connectivity index (χ2n) is 6.24. The molecule has 1 aliphatic heterocycles. The van der Waals surface area contributed by atoms with E-state index >= 15 is 0 Å². The van der Waals surface area contributed by atoms with Crippen LogP contribution in [0.25, 0.3) is 0 Å². The molecule has 1 unspecified atom stereocenters. The van der Waals surface area contributed by atoms with Gasteiger partial charge in [-0.05, 0) is 29.8 Å². The monoisotopic (exact) mass is 399 g/mol. The first-order valence-corrected chi connectivity index (χ1v) is 10.7. The number of sulfone groups is 1. The molecule has 0 aliphatic carbocycles. The van der Waals surface area contributed by atoms with Crippen molar-refractivity contribution in [3.05, 3.63) is 70.4 Å². The van der Waals surface area contributed by atoms with Crippen LogP contribution in [0.4, 0.5) is 5.69 Å². The summed E-state index contributed by atoms with van der Waals surface area (Å²) in [6.07, 6.45) is 0.269. The zero-order chi connectivity index (χ0) is 19.0. The molecule has 1 atom stereocenters. The molecule has 5 nitrogen and oxygen atoms in total. The quantitative estimate of drug-likeness (QED) is 0.718. The van der Waals surface area contributed by atoms with Crippen LogP contribution >= 0.6 is 11.3 Å². The molecule has 0 spiro atoms. The standard InChI is InChI=1S/C20H17NO4S2/c1-25-14-7-5-6-13(10-14)16-11-18(22)21-19-17(12-26-20(16)19)27(23,24)15-8-3-2-4-9-15/h2-10,12,16H,11H2,1H3,(H,21,22). The number of carbonyl (C=O) groups excluding carboxylic acids is 1. The van der Waals surface area contributed by atoms with Crippen molar-refractivity contribution in [2.24, 2.45) is 0 Å². The Morgan fingerprint density at radius 3 is 2.63 bits per heavy atom. The maximum atomic E-state index is 13.1. The van der Waals surface area contributed by atoms with Gasteiger partial charge >= 0.3 is 0 Å². The molecule has 1 aliphatic rings. The molecular weight excluding hydrogens is 382 g/mol. The van der Waals surface area contributed by atoms with Crippen LogP contribution in [0, 0.1) is 0 Å². The Balaban J connectivity index is 1.83. The molecule has 7 heteroatoms. The fourth-order valence-electron chi connectivity index (χ4n) is 3.26. The predicted molar refractivity (Wildman–Crippen MR) is 104 cm³/mol. The van der Waals surface area contributed by atoms with Crippen molar-refractivity contribution in [3.63, 3.8) is 0 Å². The maximum Gasteiger partial charge on any atom is 0.225 e. The maximum absolute atomic E-state index is 13.1. The third kappa shape index (κ3) is 3.13.